The molecule has 6 heteroatoms. The molecule has 0 bridgehead atoms. The summed E-state index contributed by atoms with van der Waals surface area (Å²) in [5.41, 5.74) is 4.78. The summed E-state index contributed by atoms with van der Waals surface area (Å²) in [6.45, 7) is 3.72. The molecule has 0 spiro atoms. The van der Waals surface area contributed by atoms with Crippen molar-refractivity contribution < 1.29 is 15.0 Å². The fraction of sp³-hybridized carbons (Fsp3) is 0.176. The van der Waals surface area contributed by atoms with Gasteiger partial charge < -0.3 is 15.5 Å². The van der Waals surface area contributed by atoms with Crippen molar-refractivity contribution in [3.63, 3.8) is 0 Å². The molecule has 4 N–H and O–H groups in total. The summed E-state index contributed by atoms with van der Waals surface area (Å²) in [6.07, 6.45) is 1.31. The predicted octanol–water partition coefficient (Wildman–Crippen LogP) is 2.36. The van der Waals surface area contributed by atoms with Gasteiger partial charge in [0.25, 0.3) is 5.91 Å². The summed E-state index contributed by atoms with van der Waals surface area (Å²) >= 11 is 0. The van der Waals surface area contributed by atoms with Crippen LogP contribution in [0.3, 0.4) is 0 Å². The first kappa shape index (κ1) is 16.4. The van der Waals surface area contributed by atoms with Gasteiger partial charge in [-0.1, -0.05) is 17.7 Å². The summed E-state index contributed by atoms with van der Waals surface area (Å²) < 4.78 is 0. The zero-order chi connectivity index (χ0) is 16.8. The summed E-state index contributed by atoms with van der Waals surface area (Å²) in [7, 11) is 0. The summed E-state index contributed by atoms with van der Waals surface area (Å²) in [5, 5.41) is 25.7. The first-order valence-electron chi connectivity index (χ1n) is 7.14. The summed E-state index contributed by atoms with van der Waals surface area (Å²) in [6, 6.07) is 11.4. The molecule has 0 aromatic heterocycles. The highest BCUT2D eigenvalue weighted by Gasteiger charge is 2.11. The summed E-state index contributed by atoms with van der Waals surface area (Å²) in [5.74, 6) is -0.464. The van der Waals surface area contributed by atoms with Crippen LogP contribution < -0.4 is 10.7 Å². The van der Waals surface area contributed by atoms with Crippen molar-refractivity contribution in [2.75, 3.05) is 5.32 Å². The quantitative estimate of drug-likeness (QED) is 0.503. The van der Waals surface area contributed by atoms with Gasteiger partial charge in [0.05, 0.1) is 6.21 Å². The Kier molecular flexibility index (Phi) is 5.19. The van der Waals surface area contributed by atoms with Crippen molar-refractivity contribution in [3.8, 4) is 11.5 Å². The number of aryl methyl sites for hydroxylation is 1. The molecule has 0 aliphatic heterocycles. The van der Waals surface area contributed by atoms with Crippen LogP contribution in [0.1, 0.15) is 18.1 Å². The number of aromatic hydroxyl groups is 2. The predicted molar refractivity (Wildman–Crippen MR) is 89.8 cm³/mol. The second kappa shape index (κ2) is 7.31. The van der Waals surface area contributed by atoms with Crippen LogP contribution in [0.15, 0.2) is 47.6 Å². The van der Waals surface area contributed by atoms with Crippen LogP contribution in [0.4, 0.5) is 5.69 Å². The topological polar surface area (TPSA) is 94.0 Å². The van der Waals surface area contributed by atoms with Crippen LogP contribution in [0.25, 0.3) is 0 Å². The largest absolute Gasteiger partial charge is 0.508 e. The van der Waals surface area contributed by atoms with E-state index >= 15 is 0 Å². The third-order valence-corrected chi connectivity index (χ3v) is 3.22. The molecule has 120 valence electrons. The van der Waals surface area contributed by atoms with Crippen LogP contribution in [0, 0.1) is 6.92 Å². The van der Waals surface area contributed by atoms with Gasteiger partial charge in [-0.15, -0.1) is 0 Å². The van der Waals surface area contributed by atoms with Gasteiger partial charge in [0, 0.05) is 17.3 Å². The number of amides is 1. The van der Waals surface area contributed by atoms with E-state index in [9.17, 15) is 15.0 Å². The molecule has 0 heterocycles. The average Bonchev–Trinajstić information content (AvgIpc) is 2.51. The van der Waals surface area contributed by atoms with Crippen molar-refractivity contribution >= 4 is 17.8 Å². The highest BCUT2D eigenvalue weighted by atomic mass is 16.3. The van der Waals surface area contributed by atoms with Crippen molar-refractivity contribution in [3.05, 3.63) is 53.6 Å². The van der Waals surface area contributed by atoms with Crippen LogP contribution >= 0.6 is 0 Å². The molecule has 0 unspecified atom stereocenters. The van der Waals surface area contributed by atoms with E-state index in [2.05, 4.69) is 15.8 Å². The van der Waals surface area contributed by atoms with E-state index < -0.39 is 6.04 Å². The number of hydrazone groups is 1. The highest BCUT2D eigenvalue weighted by molar-refractivity contribution is 5.87. The maximum absolute atomic E-state index is 12.0. The monoisotopic (exact) mass is 313 g/mol. The third-order valence-electron chi connectivity index (χ3n) is 3.22. The normalized spacial score (nSPS) is 12.1. The minimum atomic E-state index is -0.469. The number of carbonyl (C=O) groups excluding carboxylic acids is 1. The number of benzene rings is 2. The molecular formula is C17H19N3O3. The Morgan fingerprint density at radius 3 is 2.52 bits per heavy atom. The first-order valence-corrected chi connectivity index (χ1v) is 7.14. The molecule has 0 fully saturated rings. The molecular weight excluding hydrogens is 294 g/mol. The molecule has 0 saturated carbocycles. The second-order valence-corrected chi connectivity index (χ2v) is 5.21. The molecule has 2 rings (SSSR count). The van der Waals surface area contributed by atoms with Crippen LogP contribution in [0.5, 0.6) is 11.5 Å². The van der Waals surface area contributed by atoms with E-state index in [1.54, 1.807) is 6.92 Å². The molecule has 1 amide bonds. The lowest BCUT2D eigenvalue weighted by atomic mass is 10.2. The minimum absolute atomic E-state index is 0.0420. The van der Waals surface area contributed by atoms with Gasteiger partial charge in [-0.3, -0.25) is 4.79 Å². The van der Waals surface area contributed by atoms with Crippen LogP contribution in [0.2, 0.25) is 0 Å². The lowest BCUT2D eigenvalue weighted by Gasteiger charge is -2.13. The van der Waals surface area contributed by atoms with Crippen molar-refractivity contribution in [1.82, 2.24) is 5.43 Å². The highest BCUT2D eigenvalue weighted by Crippen LogP contribution is 2.20. The number of hydrogen-bond donors (Lipinski definition) is 4. The molecule has 2 aromatic carbocycles. The van der Waals surface area contributed by atoms with Gasteiger partial charge in [0.2, 0.25) is 0 Å². The fourth-order valence-corrected chi connectivity index (χ4v) is 1.87. The number of nitrogens with one attached hydrogen (secondary N) is 2. The Hall–Kier alpha value is -3.02. The number of phenolic OH excluding ortho intramolecular Hbond substituents is 2. The number of nitrogens with zero attached hydrogens (tertiary/aromatic N) is 1. The Labute approximate surface area is 134 Å². The summed E-state index contributed by atoms with van der Waals surface area (Å²) in [4.78, 5) is 12.0. The number of anilines is 1. The van der Waals surface area contributed by atoms with E-state index in [1.807, 2.05) is 31.2 Å². The van der Waals surface area contributed by atoms with Crippen molar-refractivity contribution in [1.29, 1.82) is 0 Å². The second-order valence-electron chi connectivity index (χ2n) is 5.21. The number of phenols is 2. The van der Waals surface area contributed by atoms with E-state index in [1.165, 1.54) is 24.4 Å². The van der Waals surface area contributed by atoms with Gasteiger partial charge in [0.15, 0.2) is 0 Å². The van der Waals surface area contributed by atoms with Gasteiger partial charge in [-0.05, 0) is 38.1 Å². The smallest absolute Gasteiger partial charge is 0.262 e. The van der Waals surface area contributed by atoms with E-state index in [0.717, 1.165) is 11.3 Å². The van der Waals surface area contributed by atoms with Gasteiger partial charge in [0.1, 0.15) is 17.5 Å². The number of carbonyl (C=O) groups is 1. The van der Waals surface area contributed by atoms with Gasteiger partial charge >= 0.3 is 0 Å². The first-order chi connectivity index (χ1) is 11.0. The maximum Gasteiger partial charge on any atom is 0.262 e. The average molecular weight is 313 g/mol. The molecule has 6 nitrogen and oxygen atoms in total. The van der Waals surface area contributed by atoms with Crippen LogP contribution in [-0.4, -0.2) is 28.4 Å². The SMILES string of the molecule is Cc1ccc(N[C@@H](C)C(=O)N/N=C\c2ccc(O)cc2O)cc1. The van der Waals surface area contributed by atoms with Crippen molar-refractivity contribution in [2.24, 2.45) is 5.10 Å². The molecule has 0 radical (unpaired) electrons. The molecule has 0 saturated heterocycles. The Bertz CT molecular complexity index is 712. The van der Waals surface area contributed by atoms with E-state index in [-0.39, 0.29) is 17.4 Å². The van der Waals surface area contributed by atoms with Crippen molar-refractivity contribution in [2.45, 2.75) is 19.9 Å². The zero-order valence-corrected chi connectivity index (χ0v) is 12.9. The number of rotatable bonds is 5. The number of hydrogen-bond acceptors (Lipinski definition) is 5. The Balaban J connectivity index is 1.90. The molecule has 23 heavy (non-hydrogen) atoms. The molecule has 0 aliphatic rings. The van der Waals surface area contributed by atoms with Gasteiger partial charge in [-0.2, -0.15) is 5.10 Å². The van der Waals surface area contributed by atoms with Crippen LogP contribution in [-0.2, 0) is 4.79 Å². The van der Waals surface area contributed by atoms with Gasteiger partial charge in [-0.25, -0.2) is 5.43 Å². The minimum Gasteiger partial charge on any atom is -0.508 e. The maximum atomic E-state index is 12.0. The standard InChI is InChI=1S/C17H19N3O3/c1-11-3-6-14(7-4-11)19-12(2)17(23)20-18-10-13-5-8-15(21)9-16(13)22/h3-10,12,19,21-22H,1-2H3,(H,20,23)/b18-10-/t12-/m0/s1. The molecule has 2 aromatic rings. The Morgan fingerprint density at radius 1 is 1.17 bits per heavy atom. The molecule has 0 aliphatic carbocycles. The lowest BCUT2D eigenvalue weighted by Crippen LogP contribution is -2.34. The Morgan fingerprint density at radius 2 is 1.87 bits per heavy atom. The fourth-order valence-electron chi connectivity index (χ4n) is 1.87. The lowest BCUT2D eigenvalue weighted by molar-refractivity contribution is -0.121. The van der Waals surface area contributed by atoms with E-state index in [0.29, 0.717) is 5.56 Å². The zero-order valence-electron chi connectivity index (χ0n) is 12.9. The molecule has 1 atom stereocenters. The third kappa shape index (κ3) is 4.74. The van der Waals surface area contributed by atoms with E-state index in [4.69, 9.17) is 0 Å².